The lowest BCUT2D eigenvalue weighted by Crippen LogP contribution is -2.50. The van der Waals surface area contributed by atoms with Crippen LogP contribution in [0.25, 0.3) is 11.5 Å². The SMILES string of the molecule is O=C(CSc1nnc(-c2cccc(Br)c2)o1)C12CC3CC(CC(C3)C1)C2. The Hall–Kier alpha value is -1.14. The summed E-state index contributed by atoms with van der Waals surface area (Å²) < 4.78 is 6.73. The first-order valence-corrected chi connectivity index (χ1v) is 11.1. The largest absolute Gasteiger partial charge is 0.411 e. The molecule has 1 aromatic carbocycles. The molecule has 1 heterocycles. The lowest BCUT2D eigenvalue weighted by Gasteiger charge is -2.55. The lowest BCUT2D eigenvalue weighted by molar-refractivity contribution is -0.141. The Bertz CT molecular complexity index is 815. The minimum Gasteiger partial charge on any atom is -0.411 e. The summed E-state index contributed by atoms with van der Waals surface area (Å²) in [4.78, 5) is 13.1. The number of ketones is 1. The summed E-state index contributed by atoms with van der Waals surface area (Å²) in [5.41, 5.74) is 0.834. The molecule has 0 radical (unpaired) electrons. The highest BCUT2D eigenvalue weighted by atomic mass is 79.9. The molecule has 0 aliphatic heterocycles. The van der Waals surface area contributed by atoms with Crippen LogP contribution >= 0.6 is 27.7 Å². The average Bonchev–Trinajstić information content (AvgIpc) is 3.07. The van der Waals surface area contributed by atoms with E-state index < -0.39 is 0 Å². The highest BCUT2D eigenvalue weighted by Crippen LogP contribution is 2.60. The van der Waals surface area contributed by atoms with Gasteiger partial charge in [-0.3, -0.25) is 4.79 Å². The van der Waals surface area contributed by atoms with Crippen molar-refractivity contribution in [1.82, 2.24) is 10.2 Å². The third-order valence-electron chi connectivity index (χ3n) is 6.43. The van der Waals surface area contributed by atoms with Crippen molar-refractivity contribution < 1.29 is 9.21 Å². The monoisotopic (exact) mass is 432 g/mol. The van der Waals surface area contributed by atoms with Gasteiger partial charge < -0.3 is 4.42 Å². The molecule has 4 aliphatic carbocycles. The number of halogens is 1. The predicted octanol–water partition coefficient (Wildman–Crippen LogP) is 5.38. The van der Waals surface area contributed by atoms with Crippen LogP contribution in [0.1, 0.15) is 38.5 Å². The van der Waals surface area contributed by atoms with E-state index in [9.17, 15) is 4.79 Å². The molecule has 0 saturated heterocycles. The molecular formula is C20H21BrN2O2S. The number of hydrogen-bond acceptors (Lipinski definition) is 5. The summed E-state index contributed by atoms with van der Waals surface area (Å²) in [6, 6.07) is 7.78. The molecule has 0 spiro atoms. The second-order valence-electron chi connectivity index (χ2n) is 8.29. The minimum absolute atomic E-state index is 0.0467. The Morgan fingerprint density at radius 1 is 1.15 bits per heavy atom. The molecule has 0 unspecified atom stereocenters. The van der Waals surface area contributed by atoms with Gasteiger partial charge in [0.1, 0.15) is 5.78 Å². The third kappa shape index (κ3) is 3.05. The van der Waals surface area contributed by atoms with Crippen LogP contribution in [0.3, 0.4) is 0 Å². The van der Waals surface area contributed by atoms with Crippen LogP contribution in [0, 0.1) is 23.2 Å². The molecular weight excluding hydrogens is 412 g/mol. The first-order valence-electron chi connectivity index (χ1n) is 9.35. The topological polar surface area (TPSA) is 56.0 Å². The first-order chi connectivity index (χ1) is 12.6. The predicted molar refractivity (Wildman–Crippen MR) is 104 cm³/mol. The molecule has 1 aromatic heterocycles. The van der Waals surface area contributed by atoms with Gasteiger partial charge in [0.05, 0.1) is 5.75 Å². The van der Waals surface area contributed by atoms with E-state index in [1.54, 1.807) is 0 Å². The van der Waals surface area contributed by atoms with Crippen LogP contribution in [-0.2, 0) is 4.79 Å². The zero-order valence-corrected chi connectivity index (χ0v) is 16.9. The summed E-state index contributed by atoms with van der Waals surface area (Å²) in [5.74, 6) is 3.73. The van der Waals surface area contributed by atoms with Gasteiger partial charge in [0.2, 0.25) is 5.89 Å². The van der Waals surface area contributed by atoms with E-state index in [4.69, 9.17) is 4.42 Å². The standard InChI is InChI=1S/C20H21BrN2O2S/c21-16-3-1-2-15(7-16)18-22-23-19(25-18)26-11-17(24)20-8-12-4-13(9-20)6-14(5-12)10-20/h1-3,7,12-14H,4-6,8-11H2. The van der Waals surface area contributed by atoms with Crippen molar-refractivity contribution in [2.75, 3.05) is 5.75 Å². The van der Waals surface area contributed by atoms with Gasteiger partial charge >= 0.3 is 0 Å². The first kappa shape index (κ1) is 17.0. The van der Waals surface area contributed by atoms with Gasteiger partial charge in [-0.1, -0.05) is 33.8 Å². The van der Waals surface area contributed by atoms with Gasteiger partial charge in [-0.25, -0.2) is 0 Å². The van der Waals surface area contributed by atoms with Crippen molar-refractivity contribution in [2.24, 2.45) is 23.2 Å². The second kappa shape index (κ2) is 6.48. The Morgan fingerprint density at radius 3 is 2.50 bits per heavy atom. The fraction of sp³-hybridized carbons (Fsp3) is 0.550. The Balaban J connectivity index is 1.26. The number of aromatic nitrogens is 2. The zero-order valence-electron chi connectivity index (χ0n) is 14.5. The van der Waals surface area contributed by atoms with Crippen LogP contribution < -0.4 is 0 Å². The number of hydrogen-bond donors (Lipinski definition) is 0. The maximum atomic E-state index is 13.1. The maximum Gasteiger partial charge on any atom is 0.277 e. The van der Waals surface area contributed by atoms with Crippen molar-refractivity contribution in [3.8, 4) is 11.5 Å². The molecule has 2 aromatic rings. The maximum absolute atomic E-state index is 13.1. The molecule has 26 heavy (non-hydrogen) atoms. The van der Waals surface area contributed by atoms with Gasteiger partial charge in [-0.2, -0.15) is 0 Å². The lowest BCUT2D eigenvalue weighted by atomic mass is 9.48. The second-order valence-corrected chi connectivity index (χ2v) is 10.1. The van der Waals surface area contributed by atoms with E-state index in [1.807, 2.05) is 24.3 Å². The molecule has 6 heteroatoms. The van der Waals surface area contributed by atoms with E-state index >= 15 is 0 Å². The van der Waals surface area contributed by atoms with Crippen LogP contribution in [-0.4, -0.2) is 21.7 Å². The molecule has 4 fully saturated rings. The Morgan fingerprint density at radius 2 is 1.85 bits per heavy atom. The normalized spacial score (nSPS) is 32.1. The highest BCUT2D eigenvalue weighted by Gasteiger charge is 2.54. The molecule has 4 aliphatic rings. The van der Waals surface area contributed by atoms with Crippen molar-refractivity contribution in [3.63, 3.8) is 0 Å². The highest BCUT2D eigenvalue weighted by molar-refractivity contribution is 9.10. The number of carbonyl (C=O) groups excluding carboxylic acids is 1. The number of rotatable bonds is 5. The van der Waals surface area contributed by atoms with E-state index in [2.05, 4.69) is 26.1 Å². The zero-order chi connectivity index (χ0) is 17.7. The molecule has 0 atom stereocenters. The molecule has 6 rings (SSSR count). The molecule has 4 nitrogen and oxygen atoms in total. The average molecular weight is 433 g/mol. The van der Waals surface area contributed by atoms with Crippen LogP contribution in [0.5, 0.6) is 0 Å². The van der Waals surface area contributed by atoms with Crippen LogP contribution in [0.15, 0.2) is 38.4 Å². The van der Waals surface area contributed by atoms with Gasteiger partial charge in [-0.15, -0.1) is 10.2 Å². The summed E-state index contributed by atoms with van der Waals surface area (Å²) in [7, 11) is 0. The molecule has 4 saturated carbocycles. The summed E-state index contributed by atoms with van der Waals surface area (Å²) in [6.45, 7) is 0. The number of thioether (sulfide) groups is 1. The smallest absolute Gasteiger partial charge is 0.277 e. The van der Waals surface area contributed by atoms with E-state index in [0.717, 1.165) is 47.1 Å². The van der Waals surface area contributed by atoms with Crippen molar-refractivity contribution in [1.29, 1.82) is 0 Å². The van der Waals surface area contributed by atoms with Gasteiger partial charge in [0.25, 0.3) is 5.22 Å². The van der Waals surface area contributed by atoms with Crippen molar-refractivity contribution in [2.45, 2.75) is 43.7 Å². The van der Waals surface area contributed by atoms with E-state index in [1.165, 1.54) is 31.0 Å². The molecule has 4 bridgehead atoms. The fourth-order valence-corrected chi connectivity index (χ4v) is 6.94. The summed E-state index contributed by atoms with van der Waals surface area (Å²) >= 11 is 4.85. The van der Waals surface area contributed by atoms with Crippen molar-refractivity contribution in [3.05, 3.63) is 28.7 Å². The van der Waals surface area contributed by atoms with E-state index in [0.29, 0.717) is 22.6 Å². The third-order valence-corrected chi connectivity index (χ3v) is 7.75. The number of benzene rings is 1. The molecule has 136 valence electrons. The fourth-order valence-electron chi connectivity index (χ4n) is 5.74. The van der Waals surface area contributed by atoms with Crippen LogP contribution in [0.4, 0.5) is 0 Å². The van der Waals surface area contributed by atoms with Crippen molar-refractivity contribution >= 4 is 33.5 Å². The minimum atomic E-state index is -0.0467. The number of Topliss-reactive ketones (excluding diaryl/α,β-unsaturated/α-hetero) is 1. The van der Waals surface area contributed by atoms with Gasteiger partial charge in [0, 0.05) is 15.5 Å². The van der Waals surface area contributed by atoms with Crippen LogP contribution in [0.2, 0.25) is 0 Å². The van der Waals surface area contributed by atoms with E-state index in [-0.39, 0.29) is 5.41 Å². The Labute approximate surface area is 165 Å². The number of nitrogens with zero attached hydrogens (tertiary/aromatic N) is 2. The van der Waals surface area contributed by atoms with Gasteiger partial charge in [0.15, 0.2) is 0 Å². The molecule has 0 amide bonds. The molecule has 0 N–H and O–H groups in total. The van der Waals surface area contributed by atoms with Gasteiger partial charge in [-0.05, 0) is 74.5 Å². The summed E-state index contributed by atoms with van der Waals surface area (Å²) in [5, 5.41) is 8.73. The quantitative estimate of drug-likeness (QED) is 0.593. The Kier molecular flexibility index (Phi) is 4.24. The summed E-state index contributed by atoms with van der Waals surface area (Å²) in [6.07, 6.45) is 7.43. The number of carbonyl (C=O) groups is 1.